The Labute approximate surface area is 100 Å². The van der Waals surface area contributed by atoms with Gasteiger partial charge in [0, 0.05) is 25.0 Å². The van der Waals surface area contributed by atoms with Crippen molar-refractivity contribution in [2.45, 2.75) is 25.8 Å². The molecule has 0 bridgehead atoms. The van der Waals surface area contributed by atoms with E-state index in [1.807, 2.05) is 0 Å². The van der Waals surface area contributed by atoms with Gasteiger partial charge in [-0.15, -0.1) is 0 Å². The lowest BCUT2D eigenvalue weighted by atomic mass is 10.2. The molecule has 0 aliphatic heterocycles. The van der Waals surface area contributed by atoms with Crippen LogP contribution in [0.2, 0.25) is 0 Å². The number of rotatable bonds is 6. The van der Waals surface area contributed by atoms with E-state index in [0.29, 0.717) is 12.0 Å². The van der Waals surface area contributed by atoms with E-state index < -0.39 is 0 Å². The van der Waals surface area contributed by atoms with Gasteiger partial charge in [-0.3, -0.25) is 4.79 Å². The van der Waals surface area contributed by atoms with Crippen LogP contribution in [0, 0.1) is 5.92 Å². The van der Waals surface area contributed by atoms with Crippen LogP contribution in [0.25, 0.3) is 0 Å². The quantitative estimate of drug-likeness (QED) is 0.743. The van der Waals surface area contributed by atoms with Gasteiger partial charge in [-0.05, 0) is 42.2 Å². The second-order valence-corrected chi connectivity index (χ2v) is 5.08. The van der Waals surface area contributed by atoms with Crippen molar-refractivity contribution in [3.8, 4) is 0 Å². The third-order valence-electron chi connectivity index (χ3n) is 2.87. The Hall–Kier alpha value is -0.870. The standard InChI is InChI=1S/C12H18N2OS/c1-9(11-4-7-16-8-11)13-5-6-14-12(15)10-2-3-10/h4,7-10,13H,2-3,5-6H2,1H3,(H,14,15). The SMILES string of the molecule is CC(NCCNC(=O)C1CC1)c1ccsc1. The molecule has 0 saturated heterocycles. The lowest BCUT2D eigenvalue weighted by Crippen LogP contribution is -2.33. The minimum Gasteiger partial charge on any atom is -0.355 e. The van der Waals surface area contributed by atoms with E-state index in [4.69, 9.17) is 0 Å². The topological polar surface area (TPSA) is 41.1 Å². The Bertz CT molecular complexity index is 333. The zero-order valence-electron chi connectivity index (χ0n) is 9.53. The first kappa shape index (κ1) is 11.6. The molecule has 1 fully saturated rings. The average Bonchev–Trinajstić information content (AvgIpc) is 2.99. The Balaban J connectivity index is 1.59. The van der Waals surface area contributed by atoms with Gasteiger partial charge in [-0.2, -0.15) is 11.3 Å². The number of thiophene rings is 1. The Morgan fingerprint density at radius 2 is 2.38 bits per heavy atom. The molecule has 88 valence electrons. The molecule has 1 aromatic rings. The molecular formula is C12H18N2OS. The van der Waals surface area contributed by atoms with E-state index in [2.05, 4.69) is 34.4 Å². The summed E-state index contributed by atoms with van der Waals surface area (Å²) in [7, 11) is 0. The maximum Gasteiger partial charge on any atom is 0.223 e. The van der Waals surface area contributed by atoms with Crippen LogP contribution in [0.1, 0.15) is 31.4 Å². The lowest BCUT2D eigenvalue weighted by molar-refractivity contribution is -0.122. The van der Waals surface area contributed by atoms with Crippen LogP contribution in [-0.4, -0.2) is 19.0 Å². The van der Waals surface area contributed by atoms with Gasteiger partial charge in [0.05, 0.1) is 0 Å². The second-order valence-electron chi connectivity index (χ2n) is 4.30. The van der Waals surface area contributed by atoms with Gasteiger partial charge >= 0.3 is 0 Å². The van der Waals surface area contributed by atoms with Crippen molar-refractivity contribution in [2.24, 2.45) is 5.92 Å². The number of hydrogen-bond acceptors (Lipinski definition) is 3. The summed E-state index contributed by atoms with van der Waals surface area (Å²) in [5.74, 6) is 0.541. The molecule has 1 aromatic heterocycles. The monoisotopic (exact) mass is 238 g/mol. The Morgan fingerprint density at radius 3 is 3.00 bits per heavy atom. The molecule has 1 unspecified atom stereocenters. The molecular weight excluding hydrogens is 220 g/mol. The third kappa shape index (κ3) is 3.32. The third-order valence-corrected chi connectivity index (χ3v) is 3.57. The second kappa shape index (κ2) is 5.46. The number of carbonyl (C=O) groups excluding carboxylic acids is 1. The zero-order chi connectivity index (χ0) is 11.4. The van der Waals surface area contributed by atoms with Crippen LogP contribution in [-0.2, 0) is 4.79 Å². The summed E-state index contributed by atoms with van der Waals surface area (Å²) in [5, 5.41) is 10.6. The van der Waals surface area contributed by atoms with E-state index in [1.165, 1.54) is 5.56 Å². The summed E-state index contributed by atoms with van der Waals surface area (Å²) >= 11 is 1.71. The van der Waals surface area contributed by atoms with Crippen LogP contribution in [0.4, 0.5) is 0 Å². The van der Waals surface area contributed by atoms with Crippen molar-refractivity contribution < 1.29 is 4.79 Å². The van der Waals surface area contributed by atoms with Crippen molar-refractivity contribution in [2.75, 3.05) is 13.1 Å². The highest BCUT2D eigenvalue weighted by Crippen LogP contribution is 2.28. The summed E-state index contributed by atoms with van der Waals surface area (Å²) in [4.78, 5) is 11.3. The first-order chi connectivity index (χ1) is 7.77. The molecule has 4 heteroatoms. The number of hydrogen-bond donors (Lipinski definition) is 2. The first-order valence-corrected chi connectivity index (χ1v) is 6.75. The van der Waals surface area contributed by atoms with Gasteiger partial charge in [0.2, 0.25) is 5.91 Å². The van der Waals surface area contributed by atoms with Crippen LogP contribution in [0.5, 0.6) is 0 Å². The van der Waals surface area contributed by atoms with Crippen molar-refractivity contribution in [1.29, 1.82) is 0 Å². The predicted octanol–water partition coefficient (Wildman–Crippen LogP) is 1.92. The van der Waals surface area contributed by atoms with Gasteiger partial charge in [0.25, 0.3) is 0 Å². The maximum atomic E-state index is 11.3. The van der Waals surface area contributed by atoms with Crippen LogP contribution in [0.15, 0.2) is 16.8 Å². The molecule has 1 heterocycles. The molecule has 1 saturated carbocycles. The molecule has 1 amide bonds. The highest BCUT2D eigenvalue weighted by molar-refractivity contribution is 7.07. The van der Waals surface area contributed by atoms with Crippen molar-refractivity contribution >= 4 is 17.2 Å². The molecule has 1 atom stereocenters. The van der Waals surface area contributed by atoms with Gasteiger partial charge in [0.1, 0.15) is 0 Å². The van der Waals surface area contributed by atoms with Gasteiger partial charge < -0.3 is 10.6 Å². The lowest BCUT2D eigenvalue weighted by Gasteiger charge is -2.12. The van der Waals surface area contributed by atoms with Gasteiger partial charge in [-0.25, -0.2) is 0 Å². The fraction of sp³-hybridized carbons (Fsp3) is 0.583. The molecule has 16 heavy (non-hydrogen) atoms. The maximum absolute atomic E-state index is 11.3. The van der Waals surface area contributed by atoms with E-state index in [0.717, 1.165) is 25.9 Å². The van der Waals surface area contributed by atoms with Crippen LogP contribution >= 0.6 is 11.3 Å². The van der Waals surface area contributed by atoms with E-state index in [1.54, 1.807) is 11.3 Å². The molecule has 3 nitrogen and oxygen atoms in total. The minimum absolute atomic E-state index is 0.227. The molecule has 0 spiro atoms. The van der Waals surface area contributed by atoms with Gasteiger partial charge in [-0.1, -0.05) is 0 Å². The van der Waals surface area contributed by atoms with Crippen molar-refractivity contribution in [3.63, 3.8) is 0 Å². The fourth-order valence-corrected chi connectivity index (χ4v) is 2.36. The fourth-order valence-electron chi connectivity index (χ4n) is 1.60. The van der Waals surface area contributed by atoms with E-state index >= 15 is 0 Å². The number of nitrogens with one attached hydrogen (secondary N) is 2. The Morgan fingerprint density at radius 1 is 1.56 bits per heavy atom. The van der Waals surface area contributed by atoms with Crippen molar-refractivity contribution in [3.05, 3.63) is 22.4 Å². The van der Waals surface area contributed by atoms with Crippen molar-refractivity contribution in [1.82, 2.24) is 10.6 Å². The Kier molecular flexibility index (Phi) is 3.96. The predicted molar refractivity (Wildman–Crippen MR) is 66.5 cm³/mol. The summed E-state index contributed by atoms with van der Waals surface area (Å²) < 4.78 is 0. The summed E-state index contributed by atoms with van der Waals surface area (Å²) in [6.07, 6.45) is 2.15. The van der Waals surface area contributed by atoms with Gasteiger partial charge in [0.15, 0.2) is 0 Å². The molecule has 0 aromatic carbocycles. The van der Waals surface area contributed by atoms with E-state index in [-0.39, 0.29) is 5.91 Å². The summed E-state index contributed by atoms with van der Waals surface area (Å²) in [6.45, 7) is 3.70. The largest absolute Gasteiger partial charge is 0.355 e. The first-order valence-electron chi connectivity index (χ1n) is 5.80. The van der Waals surface area contributed by atoms with Crippen LogP contribution in [0.3, 0.4) is 0 Å². The summed E-state index contributed by atoms with van der Waals surface area (Å²) in [5.41, 5.74) is 1.32. The zero-order valence-corrected chi connectivity index (χ0v) is 10.3. The summed E-state index contributed by atoms with van der Waals surface area (Å²) in [6, 6.07) is 2.49. The highest BCUT2D eigenvalue weighted by Gasteiger charge is 2.28. The minimum atomic E-state index is 0.227. The molecule has 2 N–H and O–H groups in total. The number of carbonyl (C=O) groups is 1. The normalized spacial score (nSPS) is 17.1. The molecule has 1 aliphatic carbocycles. The highest BCUT2D eigenvalue weighted by atomic mass is 32.1. The smallest absolute Gasteiger partial charge is 0.223 e. The van der Waals surface area contributed by atoms with Crippen LogP contribution < -0.4 is 10.6 Å². The molecule has 0 radical (unpaired) electrons. The molecule has 2 rings (SSSR count). The number of amides is 1. The average molecular weight is 238 g/mol. The van der Waals surface area contributed by atoms with E-state index in [9.17, 15) is 4.79 Å². The molecule has 1 aliphatic rings.